The van der Waals surface area contributed by atoms with Gasteiger partial charge >= 0.3 is 0 Å². The molecule has 0 saturated carbocycles. The number of hydrogen-bond acceptors (Lipinski definition) is 7. The van der Waals surface area contributed by atoms with Gasteiger partial charge in [-0.1, -0.05) is 6.92 Å². The highest BCUT2D eigenvalue weighted by Gasteiger charge is 2.24. The van der Waals surface area contributed by atoms with E-state index in [0.29, 0.717) is 18.0 Å². The largest absolute Gasteiger partial charge is 0.382 e. The van der Waals surface area contributed by atoms with Gasteiger partial charge in [-0.3, -0.25) is 0 Å². The molecule has 0 spiro atoms. The zero-order chi connectivity index (χ0) is 13.8. The van der Waals surface area contributed by atoms with Crippen LogP contribution in [0, 0.1) is 0 Å². The van der Waals surface area contributed by atoms with Crippen molar-refractivity contribution in [2.75, 3.05) is 30.5 Å². The van der Waals surface area contributed by atoms with Crippen LogP contribution < -0.4 is 11.1 Å². The number of ether oxygens (including phenoxy) is 1. The van der Waals surface area contributed by atoms with Gasteiger partial charge in [0.15, 0.2) is 15.7 Å². The Labute approximate surface area is 112 Å². The number of anilines is 2. The van der Waals surface area contributed by atoms with Gasteiger partial charge in [-0.25, -0.2) is 8.42 Å². The van der Waals surface area contributed by atoms with Gasteiger partial charge in [0.2, 0.25) is 0 Å². The monoisotopic (exact) mass is 293 g/mol. The molecule has 0 amide bonds. The van der Waals surface area contributed by atoms with E-state index in [4.69, 9.17) is 10.5 Å². The van der Waals surface area contributed by atoms with Crippen molar-refractivity contribution in [3.05, 3.63) is 0 Å². The van der Waals surface area contributed by atoms with Gasteiger partial charge in [0.25, 0.3) is 0 Å². The third-order valence-electron chi connectivity index (χ3n) is 2.41. The number of aromatic nitrogens is 1. The first-order chi connectivity index (χ1) is 8.42. The summed E-state index contributed by atoms with van der Waals surface area (Å²) in [4.78, 5) is 0.123. The van der Waals surface area contributed by atoms with E-state index in [1.165, 1.54) is 0 Å². The predicted octanol–water partition coefficient (Wildman–Crippen LogP) is 1.36. The van der Waals surface area contributed by atoms with Crippen LogP contribution in [-0.2, 0) is 14.6 Å². The summed E-state index contributed by atoms with van der Waals surface area (Å²) in [5, 5.41) is 3.51. The summed E-state index contributed by atoms with van der Waals surface area (Å²) in [7, 11) is -1.76. The second-order valence-electron chi connectivity index (χ2n) is 3.97. The number of nitrogens with two attached hydrogens (primary N) is 1. The number of hydrogen-bond donors (Lipinski definition) is 2. The Morgan fingerprint density at radius 2 is 2.22 bits per heavy atom. The molecule has 0 bridgehead atoms. The molecule has 0 saturated heterocycles. The van der Waals surface area contributed by atoms with Crippen molar-refractivity contribution in [3.63, 3.8) is 0 Å². The zero-order valence-electron chi connectivity index (χ0n) is 10.8. The molecule has 104 valence electrons. The number of nitrogens with one attached hydrogen (secondary N) is 1. The average molecular weight is 293 g/mol. The second kappa shape index (κ2) is 6.35. The maximum absolute atomic E-state index is 12.1. The summed E-state index contributed by atoms with van der Waals surface area (Å²) in [6.45, 7) is 4.21. The van der Waals surface area contributed by atoms with Gasteiger partial charge in [-0.2, -0.15) is 4.37 Å². The molecule has 1 atom stereocenters. The first-order valence-corrected chi connectivity index (χ1v) is 8.09. The minimum atomic E-state index is -3.36. The van der Waals surface area contributed by atoms with Crippen LogP contribution in [0.25, 0.3) is 0 Å². The Hall–Kier alpha value is -0.860. The summed E-state index contributed by atoms with van der Waals surface area (Å²) < 4.78 is 33.1. The van der Waals surface area contributed by atoms with Crippen molar-refractivity contribution in [3.8, 4) is 0 Å². The standard InChI is InChI=1S/C10H19N3O3S2/c1-4-5-18(14,15)8-9(11)13-17-10(8)12-6-7(2)16-3/h7,12H,4-6H2,1-3H3,(H2,11,13). The highest BCUT2D eigenvalue weighted by molar-refractivity contribution is 7.91. The topological polar surface area (TPSA) is 94.3 Å². The van der Waals surface area contributed by atoms with Crippen molar-refractivity contribution in [1.82, 2.24) is 4.37 Å². The molecule has 0 aliphatic rings. The summed E-state index contributed by atoms with van der Waals surface area (Å²) >= 11 is 1.06. The summed E-state index contributed by atoms with van der Waals surface area (Å²) in [5.41, 5.74) is 5.65. The molecule has 1 rings (SSSR count). The van der Waals surface area contributed by atoms with E-state index >= 15 is 0 Å². The summed E-state index contributed by atoms with van der Waals surface area (Å²) in [5.74, 6) is 0.144. The summed E-state index contributed by atoms with van der Waals surface area (Å²) in [6, 6.07) is 0. The first kappa shape index (κ1) is 15.2. The van der Waals surface area contributed by atoms with Crippen LogP contribution in [0.1, 0.15) is 20.3 Å². The fourth-order valence-electron chi connectivity index (χ4n) is 1.40. The molecule has 1 aromatic heterocycles. The lowest BCUT2D eigenvalue weighted by molar-refractivity contribution is 0.129. The van der Waals surface area contributed by atoms with Crippen LogP contribution in [0.5, 0.6) is 0 Å². The average Bonchev–Trinajstić information content (AvgIpc) is 2.68. The van der Waals surface area contributed by atoms with Crippen molar-refractivity contribution < 1.29 is 13.2 Å². The number of methoxy groups -OCH3 is 1. The van der Waals surface area contributed by atoms with E-state index in [0.717, 1.165) is 11.5 Å². The minimum Gasteiger partial charge on any atom is -0.382 e. The predicted molar refractivity (Wildman–Crippen MR) is 73.8 cm³/mol. The van der Waals surface area contributed by atoms with Crippen molar-refractivity contribution in [2.45, 2.75) is 31.3 Å². The lowest BCUT2D eigenvalue weighted by atomic mass is 10.4. The SMILES string of the molecule is CCCS(=O)(=O)c1c(N)nsc1NCC(C)OC. The van der Waals surface area contributed by atoms with Crippen molar-refractivity contribution in [1.29, 1.82) is 0 Å². The van der Waals surface area contributed by atoms with Crippen LogP contribution in [0.3, 0.4) is 0 Å². The number of sulfone groups is 1. The van der Waals surface area contributed by atoms with Gasteiger partial charge in [0, 0.05) is 13.7 Å². The molecule has 3 N–H and O–H groups in total. The van der Waals surface area contributed by atoms with Gasteiger partial charge in [0.05, 0.1) is 11.9 Å². The molecule has 6 nitrogen and oxygen atoms in total. The molecule has 0 aliphatic carbocycles. The third-order valence-corrected chi connectivity index (χ3v) is 5.34. The van der Waals surface area contributed by atoms with Crippen LogP contribution in [0.4, 0.5) is 10.8 Å². The van der Waals surface area contributed by atoms with Crippen LogP contribution >= 0.6 is 11.5 Å². The van der Waals surface area contributed by atoms with Gasteiger partial charge < -0.3 is 15.8 Å². The van der Waals surface area contributed by atoms with Crippen LogP contribution in [-0.4, -0.2) is 38.3 Å². The molecular formula is C10H19N3O3S2. The second-order valence-corrected chi connectivity index (χ2v) is 6.79. The van der Waals surface area contributed by atoms with E-state index < -0.39 is 9.84 Å². The maximum atomic E-state index is 12.1. The third kappa shape index (κ3) is 3.56. The van der Waals surface area contributed by atoms with Gasteiger partial charge in [-0.05, 0) is 24.9 Å². The Bertz CT molecular complexity index is 485. The molecule has 0 radical (unpaired) electrons. The van der Waals surface area contributed by atoms with E-state index in [9.17, 15) is 8.42 Å². The van der Waals surface area contributed by atoms with Gasteiger partial charge in [0.1, 0.15) is 9.90 Å². The van der Waals surface area contributed by atoms with Crippen molar-refractivity contribution in [2.24, 2.45) is 0 Å². The molecule has 0 aliphatic heterocycles. The smallest absolute Gasteiger partial charge is 0.185 e. The van der Waals surface area contributed by atoms with E-state index in [2.05, 4.69) is 9.69 Å². The molecule has 18 heavy (non-hydrogen) atoms. The normalized spacial score (nSPS) is 13.5. The Balaban J connectivity index is 2.95. The minimum absolute atomic E-state index is 0.0185. The zero-order valence-corrected chi connectivity index (χ0v) is 12.4. The van der Waals surface area contributed by atoms with Crippen molar-refractivity contribution >= 4 is 32.2 Å². The lowest BCUT2D eigenvalue weighted by Gasteiger charge is -2.11. The molecule has 1 aromatic rings. The molecule has 1 unspecified atom stereocenters. The fourth-order valence-corrected chi connectivity index (χ4v) is 4.02. The molecule has 0 aromatic carbocycles. The molecular weight excluding hydrogens is 274 g/mol. The maximum Gasteiger partial charge on any atom is 0.185 e. The Morgan fingerprint density at radius 1 is 1.56 bits per heavy atom. The molecule has 8 heteroatoms. The highest BCUT2D eigenvalue weighted by atomic mass is 32.2. The number of nitrogens with zero attached hydrogens (tertiary/aromatic N) is 1. The number of nitrogen functional groups attached to an aromatic ring is 1. The van der Waals surface area contributed by atoms with Gasteiger partial charge in [-0.15, -0.1) is 0 Å². The van der Waals surface area contributed by atoms with E-state index in [1.54, 1.807) is 7.11 Å². The van der Waals surface area contributed by atoms with Crippen LogP contribution in [0.15, 0.2) is 4.90 Å². The van der Waals surface area contributed by atoms with Crippen LogP contribution in [0.2, 0.25) is 0 Å². The quantitative estimate of drug-likeness (QED) is 0.788. The summed E-state index contributed by atoms with van der Waals surface area (Å²) in [6.07, 6.45) is 0.529. The molecule has 0 fully saturated rings. The Kier molecular flexibility index (Phi) is 5.36. The lowest BCUT2D eigenvalue weighted by Crippen LogP contribution is -2.19. The highest BCUT2D eigenvalue weighted by Crippen LogP contribution is 2.32. The van der Waals surface area contributed by atoms with E-state index in [1.807, 2.05) is 13.8 Å². The molecule has 1 heterocycles. The van der Waals surface area contributed by atoms with E-state index in [-0.39, 0.29) is 22.6 Å². The first-order valence-electron chi connectivity index (χ1n) is 5.67. The number of rotatable bonds is 7. The Morgan fingerprint density at radius 3 is 2.78 bits per heavy atom. The fraction of sp³-hybridized carbons (Fsp3) is 0.700.